The third kappa shape index (κ3) is 3.28. The minimum Gasteiger partial charge on any atom is -0.424 e. The maximum absolute atomic E-state index is 5.76. The van der Waals surface area contributed by atoms with Gasteiger partial charge in [-0.15, -0.1) is 10.2 Å². The van der Waals surface area contributed by atoms with Crippen LogP contribution in [-0.4, -0.2) is 16.7 Å². The van der Waals surface area contributed by atoms with E-state index in [9.17, 15) is 0 Å². The molecule has 0 bridgehead atoms. The van der Waals surface area contributed by atoms with Crippen LogP contribution in [0.4, 0.5) is 0 Å². The molecule has 4 heteroatoms. The lowest BCUT2D eigenvalue weighted by Crippen LogP contribution is -2.21. The van der Waals surface area contributed by atoms with Crippen LogP contribution in [0.15, 0.2) is 4.42 Å². The summed E-state index contributed by atoms with van der Waals surface area (Å²) in [5, 5.41) is 11.8. The molecule has 0 aromatic carbocycles. The van der Waals surface area contributed by atoms with Crippen molar-refractivity contribution in [2.75, 3.05) is 6.54 Å². The first kappa shape index (κ1) is 12.6. The predicted molar refractivity (Wildman–Crippen MR) is 66.7 cm³/mol. The van der Waals surface area contributed by atoms with Crippen LogP contribution in [0.2, 0.25) is 0 Å². The molecule has 17 heavy (non-hydrogen) atoms. The van der Waals surface area contributed by atoms with E-state index < -0.39 is 0 Å². The van der Waals surface area contributed by atoms with Gasteiger partial charge >= 0.3 is 0 Å². The van der Waals surface area contributed by atoms with E-state index in [1.54, 1.807) is 0 Å². The average molecular weight is 237 g/mol. The van der Waals surface area contributed by atoms with Gasteiger partial charge in [-0.25, -0.2) is 0 Å². The molecule has 1 aliphatic carbocycles. The fourth-order valence-electron chi connectivity index (χ4n) is 2.16. The van der Waals surface area contributed by atoms with Gasteiger partial charge in [0.25, 0.3) is 0 Å². The van der Waals surface area contributed by atoms with E-state index >= 15 is 0 Å². The highest BCUT2D eigenvalue weighted by atomic mass is 16.4. The van der Waals surface area contributed by atoms with Crippen molar-refractivity contribution in [1.82, 2.24) is 15.5 Å². The van der Waals surface area contributed by atoms with E-state index in [2.05, 4.69) is 29.4 Å². The zero-order valence-corrected chi connectivity index (χ0v) is 10.9. The van der Waals surface area contributed by atoms with Crippen LogP contribution in [-0.2, 0) is 6.42 Å². The van der Waals surface area contributed by atoms with Crippen molar-refractivity contribution in [2.24, 2.45) is 5.92 Å². The van der Waals surface area contributed by atoms with Gasteiger partial charge in [0.15, 0.2) is 0 Å². The van der Waals surface area contributed by atoms with Crippen molar-refractivity contribution in [2.45, 2.75) is 58.4 Å². The first-order valence-electron chi connectivity index (χ1n) is 6.89. The summed E-state index contributed by atoms with van der Waals surface area (Å²) in [6, 6.07) is 0.220. The van der Waals surface area contributed by atoms with Crippen LogP contribution in [0.5, 0.6) is 0 Å². The van der Waals surface area contributed by atoms with Crippen molar-refractivity contribution in [3.8, 4) is 0 Å². The van der Waals surface area contributed by atoms with Crippen LogP contribution < -0.4 is 5.32 Å². The molecular formula is C13H23N3O. The van der Waals surface area contributed by atoms with Crippen molar-refractivity contribution in [3.05, 3.63) is 11.8 Å². The quantitative estimate of drug-likeness (QED) is 0.792. The van der Waals surface area contributed by atoms with E-state index in [-0.39, 0.29) is 6.04 Å². The Morgan fingerprint density at radius 1 is 1.35 bits per heavy atom. The number of rotatable bonds is 7. The maximum atomic E-state index is 5.76. The SMILES string of the molecule is CCCNC(CC)c1nnc(CC2CCC2)o1. The lowest BCUT2D eigenvalue weighted by molar-refractivity contribution is 0.281. The van der Waals surface area contributed by atoms with Gasteiger partial charge in [-0.3, -0.25) is 0 Å². The molecule has 1 atom stereocenters. The Bertz CT molecular complexity index is 333. The molecule has 1 aromatic heterocycles. The standard InChI is InChI=1S/C13H23N3O/c1-3-8-14-11(4-2)13-16-15-12(17-13)9-10-6-5-7-10/h10-11,14H,3-9H2,1-2H3. The van der Waals surface area contributed by atoms with Crippen LogP contribution in [0.3, 0.4) is 0 Å². The summed E-state index contributed by atoms with van der Waals surface area (Å²) in [7, 11) is 0. The van der Waals surface area contributed by atoms with Gasteiger partial charge in [0.05, 0.1) is 6.04 Å². The first-order chi connectivity index (χ1) is 8.33. The van der Waals surface area contributed by atoms with E-state index in [1.807, 2.05) is 0 Å². The molecule has 1 fully saturated rings. The number of nitrogens with one attached hydrogen (secondary N) is 1. The Labute approximate surface area is 103 Å². The molecule has 4 nitrogen and oxygen atoms in total. The number of hydrogen-bond acceptors (Lipinski definition) is 4. The van der Waals surface area contributed by atoms with E-state index in [4.69, 9.17) is 4.42 Å². The minimum atomic E-state index is 0.220. The Morgan fingerprint density at radius 2 is 2.18 bits per heavy atom. The first-order valence-corrected chi connectivity index (χ1v) is 6.89. The lowest BCUT2D eigenvalue weighted by Gasteiger charge is -2.23. The molecule has 1 aliphatic rings. The number of aromatic nitrogens is 2. The third-order valence-electron chi connectivity index (χ3n) is 3.52. The Balaban J connectivity index is 1.90. The van der Waals surface area contributed by atoms with Gasteiger partial charge in [0.1, 0.15) is 0 Å². The van der Waals surface area contributed by atoms with Crippen LogP contribution >= 0.6 is 0 Å². The Morgan fingerprint density at radius 3 is 2.76 bits per heavy atom. The summed E-state index contributed by atoms with van der Waals surface area (Å²) in [4.78, 5) is 0. The molecule has 0 amide bonds. The molecule has 1 unspecified atom stereocenters. The topological polar surface area (TPSA) is 51.0 Å². The van der Waals surface area contributed by atoms with Crippen LogP contribution in [0.1, 0.15) is 63.8 Å². The Kier molecular flexibility index (Phi) is 4.54. The van der Waals surface area contributed by atoms with Crippen molar-refractivity contribution >= 4 is 0 Å². The summed E-state index contributed by atoms with van der Waals surface area (Å²) in [5.74, 6) is 2.36. The zero-order chi connectivity index (χ0) is 12.1. The molecule has 96 valence electrons. The lowest BCUT2D eigenvalue weighted by atomic mass is 9.83. The minimum absolute atomic E-state index is 0.220. The molecule has 0 radical (unpaired) electrons. The van der Waals surface area contributed by atoms with Crippen LogP contribution in [0, 0.1) is 5.92 Å². The average Bonchev–Trinajstić information content (AvgIpc) is 2.73. The molecule has 0 aliphatic heterocycles. The monoisotopic (exact) mass is 237 g/mol. The third-order valence-corrected chi connectivity index (χ3v) is 3.52. The van der Waals surface area contributed by atoms with Gasteiger partial charge in [-0.05, 0) is 38.1 Å². The van der Waals surface area contributed by atoms with Crippen molar-refractivity contribution < 1.29 is 4.42 Å². The number of nitrogens with zero attached hydrogens (tertiary/aromatic N) is 2. The highest BCUT2D eigenvalue weighted by Crippen LogP contribution is 2.29. The van der Waals surface area contributed by atoms with Gasteiger partial charge < -0.3 is 9.73 Å². The van der Waals surface area contributed by atoms with Crippen molar-refractivity contribution in [1.29, 1.82) is 0 Å². The van der Waals surface area contributed by atoms with Gasteiger partial charge in [0.2, 0.25) is 11.8 Å². The summed E-state index contributed by atoms with van der Waals surface area (Å²) in [6.45, 7) is 5.30. The highest BCUT2D eigenvalue weighted by Gasteiger charge is 2.22. The summed E-state index contributed by atoms with van der Waals surface area (Å²) in [5.41, 5.74) is 0. The van der Waals surface area contributed by atoms with Crippen LogP contribution in [0.25, 0.3) is 0 Å². The van der Waals surface area contributed by atoms with E-state index in [1.165, 1.54) is 19.3 Å². The molecule has 1 heterocycles. The molecule has 1 aromatic rings. The largest absolute Gasteiger partial charge is 0.424 e. The summed E-state index contributed by atoms with van der Waals surface area (Å²) in [6.07, 6.45) is 7.09. The molecule has 0 saturated heterocycles. The zero-order valence-electron chi connectivity index (χ0n) is 10.9. The van der Waals surface area contributed by atoms with Gasteiger partial charge in [0, 0.05) is 6.42 Å². The molecular weight excluding hydrogens is 214 g/mol. The van der Waals surface area contributed by atoms with Gasteiger partial charge in [-0.2, -0.15) is 0 Å². The van der Waals surface area contributed by atoms with E-state index in [0.29, 0.717) is 0 Å². The highest BCUT2D eigenvalue weighted by molar-refractivity contribution is 4.91. The molecule has 0 spiro atoms. The van der Waals surface area contributed by atoms with Crippen molar-refractivity contribution in [3.63, 3.8) is 0 Å². The second kappa shape index (κ2) is 6.15. The summed E-state index contributed by atoms with van der Waals surface area (Å²) >= 11 is 0. The predicted octanol–water partition coefficient (Wildman–Crippen LogP) is 2.86. The normalized spacial score (nSPS) is 18.0. The fraction of sp³-hybridized carbons (Fsp3) is 0.846. The van der Waals surface area contributed by atoms with E-state index in [0.717, 1.165) is 43.5 Å². The second-order valence-corrected chi connectivity index (χ2v) is 4.95. The second-order valence-electron chi connectivity index (χ2n) is 4.95. The van der Waals surface area contributed by atoms with Gasteiger partial charge in [-0.1, -0.05) is 20.3 Å². The maximum Gasteiger partial charge on any atom is 0.233 e. The molecule has 1 N–H and O–H groups in total. The smallest absolute Gasteiger partial charge is 0.233 e. The number of hydrogen-bond donors (Lipinski definition) is 1. The Hall–Kier alpha value is -0.900. The molecule has 1 saturated carbocycles. The fourth-order valence-corrected chi connectivity index (χ4v) is 2.16. The molecule has 2 rings (SSSR count). The summed E-state index contributed by atoms with van der Waals surface area (Å²) < 4.78 is 5.76.